The lowest BCUT2D eigenvalue weighted by molar-refractivity contribution is -0.276. The molecule has 0 aliphatic heterocycles. The number of hydrogen-bond donors (Lipinski definition) is 0. The van der Waals surface area contributed by atoms with E-state index in [9.17, 15) is 14.7 Å². The van der Waals surface area contributed by atoms with Gasteiger partial charge in [-0.3, -0.25) is 9.59 Å². The normalized spacial score (nSPS) is 10.0. The molecule has 0 atom stereocenters. The number of para-hydroxylation sites is 1. The van der Waals surface area contributed by atoms with Crippen molar-refractivity contribution in [3.05, 3.63) is 18.2 Å². The van der Waals surface area contributed by atoms with Crippen LogP contribution in [0, 0.1) is 0 Å². The van der Waals surface area contributed by atoms with Gasteiger partial charge < -0.3 is 14.6 Å². The van der Waals surface area contributed by atoms with Crippen molar-refractivity contribution in [3.8, 4) is 5.75 Å². The van der Waals surface area contributed by atoms with Crippen molar-refractivity contribution < 1.29 is 24.2 Å². The Kier molecular flexibility index (Phi) is 6.58. The fourth-order valence-corrected chi connectivity index (χ4v) is 2.79. The Hall–Kier alpha value is -1.34. The summed E-state index contributed by atoms with van der Waals surface area (Å²) >= 11 is 2.23. The minimum absolute atomic E-state index is 0.0802. The second-order valence-corrected chi connectivity index (χ2v) is 5.35. The highest BCUT2D eigenvalue weighted by molar-refractivity contribution is 8.00. The lowest BCUT2D eigenvalue weighted by Crippen LogP contribution is -2.05. The first-order valence-corrected chi connectivity index (χ1v) is 7.25. The van der Waals surface area contributed by atoms with Crippen LogP contribution in [0.25, 0.3) is 0 Å². The number of ether oxygens (including phenoxy) is 2. The van der Waals surface area contributed by atoms with Gasteiger partial charge in [-0.2, -0.15) is 0 Å². The predicted molar refractivity (Wildman–Crippen MR) is 71.4 cm³/mol. The molecule has 0 aliphatic carbocycles. The number of methoxy groups -OCH3 is 2. The van der Waals surface area contributed by atoms with Gasteiger partial charge in [0.1, 0.15) is 0 Å². The van der Waals surface area contributed by atoms with Crippen LogP contribution in [-0.4, -0.2) is 37.7 Å². The van der Waals surface area contributed by atoms with Gasteiger partial charge >= 0.3 is 11.9 Å². The summed E-state index contributed by atoms with van der Waals surface area (Å²) in [6.45, 7) is 0. The zero-order valence-corrected chi connectivity index (χ0v) is 12.1. The van der Waals surface area contributed by atoms with Crippen LogP contribution in [0.2, 0.25) is 0 Å². The first-order valence-electron chi connectivity index (χ1n) is 5.27. The largest absolute Gasteiger partial charge is 0.871 e. The average Bonchev–Trinajstić information content (AvgIpc) is 2.44. The number of hydrogen-bond acceptors (Lipinski definition) is 7. The van der Waals surface area contributed by atoms with Crippen LogP contribution in [-0.2, 0) is 19.1 Å². The van der Waals surface area contributed by atoms with Crippen molar-refractivity contribution in [2.45, 2.75) is 9.79 Å². The molecule has 0 unspecified atom stereocenters. The van der Waals surface area contributed by atoms with E-state index in [4.69, 9.17) is 0 Å². The summed E-state index contributed by atoms with van der Waals surface area (Å²) in [5.74, 6) is -0.812. The Morgan fingerprint density at radius 3 is 1.84 bits per heavy atom. The highest BCUT2D eigenvalue weighted by Gasteiger charge is 2.07. The van der Waals surface area contributed by atoms with E-state index in [-0.39, 0.29) is 17.3 Å². The third-order valence-corrected chi connectivity index (χ3v) is 4.11. The molecule has 0 saturated carbocycles. The molecular formula is C12H13O5S2-. The Labute approximate surface area is 119 Å². The van der Waals surface area contributed by atoms with E-state index in [1.54, 1.807) is 18.2 Å². The number of esters is 2. The van der Waals surface area contributed by atoms with Gasteiger partial charge in [0, 0.05) is 9.79 Å². The van der Waals surface area contributed by atoms with Crippen LogP contribution in [0.1, 0.15) is 0 Å². The van der Waals surface area contributed by atoms with Gasteiger partial charge in [0.05, 0.1) is 25.7 Å². The molecule has 1 rings (SSSR count). The molecular weight excluding hydrogens is 288 g/mol. The molecule has 104 valence electrons. The maximum Gasteiger partial charge on any atom is 0.315 e. The van der Waals surface area contributed by atoms with E-state index in [1.165, 1.54) is 14.2 Å². The van der Waals surface area contributed by atoms with Crippen molar-refractivity contribution >= 4 is 35.5 Å². The highest BCUT2D eigenvalue weighted by Crippen LogP contribution is 2.34. The lowest BCUT2D eigenvalue weighted by atomic mass is 10.3. The number of rotatable bonds is 6. The molecule has 0 amide bonds. The van der Waals surface area contributed by atoms with Crippen molar-refractivity contribution in [2.75, 3.05) is 25.7 Å². The number of carbonyl (C=O) groups is 2. The van der Waals surface area contributed by atoms with Gasteiger partial charge in [0.2, 0.25) is 0 Å². The second-order valence-electron chi connectivity index (χ2n) is 3.31. The van der Waals surface area contributed by atoms with Crippen molar-refractivity contribution in [3.63, 3.8) is 0 Å². The van der Waals surface area contributed by atoms with Gasteiger partial charge in [0.15, 0.2) is 0 Å². The van der Waals surface area contributed by atoms with Crippen molar-refractivity contribution in [1.29, 1.82) is 0 Å². The van der Waals surface area contributed by atoms with Crippen LogP contribution < -0.4 is 5.11 Å². The summed E-state index contributed by atoms with van der Waals surface area (Å²) in [5.41, 5.74) is 0. The Balaban J connectivity index is 2.69. The molecule has 0 radical (unpaired) electrons. The zero-order chi connectivity index (χ0) is 14.3. The van der Waals surface area contributed by atoms with Crippen molar-refractivity contribution in [1.82, 2.24) is 0 Å². The zero-order valence-electron chi connectivity index (χ0n) is 10.5. The van der Waals surface area contributed by atoms with Crippen LogP contribution in [0.5, 0.6) is 5.75 Å². The smallest absolute Gasteiger partial charge is 0.315 e. The quantitative estimate of drug-likeness (QED) is 0.579. The molecule has 1 aromatic carbocycles. The number of carbonyl (C=O) groups excluding carboxylic acids is 2. The summed E-state index contributed by atoms with van der Waals surface area (Å²) in [7, 11) is 2.59. The number of thioether (sulfide) groups is 2. The summed E-state index contributed by atoms with van der Waals surface area (Å²) in [6, 6.07) is 4.98. The van der Waals surface area contributed by atoms with Crippen molar-refractivity contribution in [2.24, 2.45) is 0 Å². The van der Waals surface area contributed by atoms with Gasteiger partial charge in [-0.15, -0.1) is 23.5 Å². The maximum atomic E-state index is 12.0. The molecule has 0 aromatic heterocycles. The summed E-state index contributed by atoms with van der Waals surface area (Å²) in [4.78, 5) is 23.0. The SMILES string of the molecule is COC(=O)CSc1cccc(SCC(=O)OC)c1[O-]. The third-order valence-electron chi connectivity index (χ3n) is 2.09. The summed E-state index contributed by atoms with van der Waals surface area (Å²) in [6.07, 6.45) is 0. The van der Waals surface area contributed by atoms with Crippen LogP contribution >= 0.6 is 23.5 Å². The van der Waals surface area contributed by atoms with Gasteiger partial charge in [-0.25, -0.2) is 0 Å². The molecule has 0 spiro atoms. The monoisotopic (exact) mass is 301 g/mol. The predicted octanol–water partition coefficient (Wildman–Crippen LogP) is 1.29. The number of benzene rings is 1. The van der Waals surface area contributed by atoms with Gasteiger partial charge in [-0.1, -0.05) is 11.8 Å². The van der Waals surface area contributed by atoms with Crippen LogP contribution in [0.3, 0.4) is 0 Å². The molecule has 0 bridgehead atoms. The molecule has 7 heteroatoms. The van der Waals surface area contributed by atoms with E-state index >= 15 is 0 Å². The molecule has 0 aliphatic rings. The Bertz CT molecular complexity index is 423. The topological polar surface area (TPSA) is 75.7 Å². The van der Waals surface area contributed by atoms with Gasteiger partial charge in [-0.05, 0) is 12.1 Å². The van der Waals surface area contributed by atoms with E-state index in [0.717, 1.165) is 23.5 Å². The summed E-state index contributed by atoms with van der Waals surface area (Å²) < 4.78 is 9.01. The van der Waals surface area contributed by atoms with E-state index in [1.807, 2.05) is 0 Å². The van der Waals surface area contributed by atoms with Gasteiger partial charge in [0.25, 0.3) is 0 Å². The molecule has 0 heterocycles. The van der Waals surface area contributed by atoms with E-state index in [0.29, 0.717) is 9.79 Å². The highest BCUT2D eigenvalue weighted by atomic mass is 32.2. The van der Waals surface area contributed by atoms with E-state index in [2.05, 4.69) is 9.47 Å². The maximum absolute atomic E-state index is 12.0. The molecule has 1 aromatic rings. The first-order chi connectivity index (χ1) is 9.08. The minimum Gasteiger partial charge on any atom is -0.871 e. The second kappa shape index (κ2) is 7.96. The van der Waals surface area contributed by atoms with Crippen LogP contribution in [0.4, 0.5) is 0 Å². The molecule has 19 heavy (non-hydrogen) atoms. The first kappa shape index (κ1) is 15.7. The fourth-order valence-electron chi connectivity index (χ4n) is 1.11. The molecule has 5 nitrogen and oxygen atoms in total. The fraction of sp³-hybridized carbons (Fsp3) is 0.333. The Morgan fingerprint density at radius 1 is 1.05 bits per heavy atom. The lowest BCUT2D eigenvalue weighted by Gasteiger charge is -2.17. The average molecular weight is 301 g/mol. The van der Waals surface area contributed by atoms with E-state index < -0.39 is 11.9 Å². The third kappa shape index (κ3) is 5.04. The molecule has 0 fully saturated rings. The summed E-state index contributed by atoms with van der Waals surface area (Å²) in [5, 5.41) is 12.0. The minimum atomic E-state index is -0.392. The molecule has 0 saturated heterocycles. The van der Waals surface area contributed by atoms with Crippen LogP contribution in [0.15, 0.2) is 28.0 Å². The standard InChI is InChI=1S/C12H14O5S2/c1-16-10(13)6-18-8-4-3-5-9(12(8)15)19-7-11(14)17-2/h3-5,15H,6-7H2,1-2H3/p-1. The molecule has 0 N–H and O–H groups in total. The Morgan fingerprint density at radius 2 is 1.47 bits per heavy atom.